The minimum atomic E-state index is -0.315. The van der Waals surface area contributed by atoms with Gasteiger partial charge in [-0.15, -0.1) is 0 Å². The normalized spacial score (nSPS) is 12.0. The number of hydrogen-bond acceptors (Lipinski definition) is 3. The van der Waals surface area contributed by atoms with E-state index in [4.69, 9.17) is 15.2 Å². The Morgan fingerprint density at radius 2 is 1.62 bits per heavy atom. The maximum atomic E-state index is 12.9. The summed E-state index contributed by atoms with van der Waals surface area (Å²) < 4.78 is 24.2. The number of nitrogens with two attached hydrogens (primary N) is 1. The van der Waals surface area contributed by atoms with Crippen molar-refractivity contribution in [2.45, 2.75) is 19.4 Å². The summed E-state index contributed by atoms with van der Waals surface area (Å²) in [5.74, 6) is 1.11. The first-order chi connectivity index (χ1) is 10.2. The summed E-state index contributed by atoms with van der Waals surface area (Å²) in [6.07, 6.45) is 0.934. The van der Waals surface area contributed by atoms with Gasteiger partial charge in [-0.3, -0.25) is 0 Å². The second-order valence-electron chi connectivity index (χ2n) is 4.76. The second kappa shape index (κ2) is 7.64. The molecule has 0 aromatic heterocycles. The number of para-hydroxylation sites is 2. The van der Waals surface area contributed by atoms with Gasteiger partial charge in [-0.2, -0.15) is 0 Å². The van der Waals surface area contributed by atoms with Crippen LogP contribution >= 0.6 is 0 Å². The van der Waals surface area contributed by atoms with Gasteiger partial charge in [0.1, 0.15) is 12.4 Å². The molecule has 0 radical (unpaired) electrons. The Morgan fingerprint density at radius 1 is 1.00 bits per heavy atom. The van der Waals surface area contributed by atoms with Crippen LogP contribution in [0.4, 0.5) is 4.39 Å². The van der Waals surface area contributed by atoms with Gasteiger partial charge in [-0.1, -0.05) is 31.2 Å². The van der Waals surface area contributed by atoms with E-state index in [1.165, 1.54) is 12.1 Å². The van der Waals surface area contributed by atoms with Crippen molar-refractivity contribution in [3.05, 3.63) is 59.9 Å². The lowest BCUT2D eigenvalue weighted by atomic mass is 10.1. The van der Waals surface area contributed by atoms with Gasteiger partial charge >= 0.3 is 0 Å². The molecule has 0 amide bonds. The monoisotopic (exact) mass is 289 g/mol. The van der Waals surface area contributed by atoms with Crippen LogP contribution in [0, 0.1) is 5.82 Å². The second-order valence-corrected chi connectivity index (χ2v) is 4.76. The van der Waals surface area contributed by atoms with Crippen LogP contribution < -0.4 is 15.2 Å². The Hall–Kier alpha value is -2.07. The van der Waals surface area contributed by atoms with E-state index < -0.39 is 0 Å². The van der Waals surface area contributed by atoms with Gasteiger partial charge in [-0.05, 0) is 36.2 Å². The Morgan fingerprint density at radius 3 is 2.24 bits per heavy atom. The van der Waals surface area contributed by atoms with Crippen LogP contribution in [0.2, 0.25) is 0 Å². The number of benzene rings is 2. The summed E-state index contributed by atoms with van der Waals surface area (Å²) in [5.41, 5.74) is 6.89. The summed E-state index contributed by atoms with van der Waals surface area (Å²) in [6, 6.07) is 13.3. The van der Waals surface area contributed by atoms with Crippen LogP contribution in [0.15, 0.2) is 48.5 Å². The summed E-state index contributed by atoms with van der Waals surface area (Å²) in [5, 5.41) is 0. The van der Waals surface area contributed by atoms with Gasteiger partial charge in [0.2, 0.25) is 0 Å². The fourth-order valence-electron chi connectivity index (χ4n) is 1.89. The molecule has 21 heavy (non-hydrogen) atoms. The van der Waals surface area contributed by atoms with Gasteiger partial charge in [0, 0.05) is 0 Å². The number of rotatable bonds is 7. The Kier molecular flexibility index (Phi) is 5.58. The van der Waals surface area contributed by atoms with Crippen LogP contribution in [-0.2, 0) is 0 Å². The molecule has 1 atom stereocenters. The average molecular weight is 289 g/mol. The average Bonchev–Trinajstić information content (AvgIpc) is 2.52. The maximum Gasteiger partial charge on any atom is 0.161 e. The van der Waals surface area contributed by atoms with Crippen LogP contribution in [-0.4, -0.2) is 13.2 Å². The zero-order valence-corrected chi connectivity index (χ0v) is 12.1. The van der Waals surface area contributed by atoms with E-state index in [-0.39, 0.29) is 11.9 Å². The lowest BCUT2D eigenvalue weighted by Gasteiger charge is -2.16. The van der Waals surface area contributed by atoms with Crippen molar-refractivity contribution in [1.29, 1.82) is 0 Å². The Bertz CT molecular complexity index is 557. The van der Waals surface area contributed by atoms with E-state index in [9.17, 15) is 4.39 Å². The molecule has 0 saturated heterocycles. The molecule has 2 aromatic rings. The molecule has 4 heteroatoms. The first-order valence-corrected chi connectivity index (χ1v) is 7.06. The van der Waals surface area contributed by atoms with Crippen LogP contribution in [0.1, 0.15) is 24.9 Å². The van der Waals surface area contributed by atoms with E-state index in [0.717, 1.165) is 12.0 Å². The van der Waals surface area contributed by atoms with Crippen molar-refractivity contribution >= 4 is 0 Å². The SMILES string of the molecule is CCCOc1ccccc1OCC(N)c1ccc(F)cc1. The summed E-state index contributed by atoms with van der Waals surface area (Å²) in [6.45, 7) is 3.00. The van der Waals surface area contributed by atoms with Gasteiger partial charge in [0.25, 0.3) is 0 Å². The highest BCUT2D eigenvalue weighted by Gasteiger charge is 2.09. The lowest BCUT2D eigenvalue weighted by molar-refractivity contribution is 0.255. The Balaban J connectivity index is 1.97. The van der Waals surface area contributed by atoms with E-state index in [1.807, 2.05) is 31.2 Å². The molecule has 1 unspecified atom stereocenters. The summed E-state index contributed by atoms with van der Waals surface area (Å²) in [4.78, 5) is 0. The van der Waals surface area contributed by atoms with Crippen molar-refractivity contribution < 1.29 is 13.9 Å². The fraction of sp³-hybridized carbons (Fsp3) is 0.294. The smallest absolute Gasteiger partial charge is 0.161 e. The van der Waals surface area contributed by atoms with Crippen molar-refractivity contribution in [2.75, 3.05) is 13.2 Å². The first kappa shape index (κ1) is 15.3. The molecular weight excluding hydrogens is 269 g/mol. The van der Waals surface area contributed by atoms with E-state index in [0.29, 0.717) is 24.7 Å². The maximum absolute atomic E-state index is 12.9. The van der Waals surface area contributed by atoms with Crippen LogP contribution in [0.3, 0.4) is 0 Å². The number of halogens is 1. The van der Waals surface area contributed by atoms with Crippen molar-refractivity contribution in [1.82, 2.24) is 0 Å². The van der Waals surface area contributed by atoms with Crippen molar-refractivity contribution in [2.24, 2.45) is 5.73 Å². The molecule has 0 aliphatic rings. The molecule has 112 valence electrons. The zero-order chi connectivity index (χ0) is 15.1. The molecule has 2 N–H and O–H groups in total. The summed E-state index contributed by atoms with van der Waals surface area (Å²) >= 11 is 0. The van der Waals surface area contributed by atoms with E-state index in [2.05, 4.69) is 0 Å². The molecule has 0 saturated carbocycles. The molecule has 0 bridgehead atoms. The minimum absolute atomic E-state index is 0.273. The predicted octanol–water partition coefficient (Wildman–Crippen LogP) is 3.69. The first-order valence-electron chi connectivity index (χ1n) is 7.06. The molecule has 0 aliphatic carbocycles. The molecule has 3 nitrogen and oxygen atoms in total. The van der Waals surface area contributed by atoms with Crippen LogP contribution in [0.25, 0.3) is 0 Å². The molecular formula is C17H20FNO2. The molecule has 2 rings (SSSR count). The topological polar surface area (TPSA) is 44.5 Å². The zero-order valence-electron chi connectivity index (χ0n) is 12.1. The van der Waals surface area contributed by atoms with Crippen molar-refractivity contribution in [3.8, 4) is 11.5 Å². The third kappa shape index (κ3) is 4.46. The number of ether oxygens (including phenoxy) is 2. The van der Waals surface area contributed by atoms with Crippen LogP contribution in [0.5, 0.6) is 11.5 Å². The molecule has 0 spiro atoms. The van der Waals surface area contributed by atoms with E-state index >= 15 is 0 Å². The third-order valence-corrected chi connectivity index (χ3v) is 3.03. The highest BCUT2D eigenvalue weighted by atomic mass is 19.1. The molecule has 2 aromatic carbocycles. The van der Waals surface area contributed by atoms with Gasteiger partial charge in [0.05, 0.1) is 12.6 Å². The largest absolute Gasteiger partial charge is 0.490 e. The molecule has 0 heterocycles. The molecule has 0 fully saturated rings. The minimum Gasteiger partial charge on any atom is -0.490 e. The Labute approximate surface area is 124 Å². The number of hydrogen-bond donors (Lipinski definition) is 1. The molecule has 0 aliphatic heterocycles. The van der Waals surface area contributed by atoms with Gasteiger partial charge < -0.3 is 15.2 Å². The summed E-state index contributed by atoms with van der Waals surface area (Å²) in [7, 11) is 0. The lowest BCUT2D eigenvalue weighted by Crippen LogP contribution is -2.19. The van der Waals surface area contributed by atoms with Crippen molar-refractivity contribution in [3.63, 3.8) is 0 Å². The standard InChI is InChI=1S/C17H20FNO2/c1-2-11-20-16-5-3-4-6-17(16)21-12-15(19)13-7-9-14(18)10-8-13/h3-10,15H,2,11-12,19H2,1H3. The highest BCUT2D eigenvalue weighted by molar-refractivity contribution is 5.39. The fourth-order valence-corrected chi connectivity index (χ4v) is 1.89. The highest BCUT2D eigenvalue weighted by Crippen LogP contribution is 2.27. The third-order valence-electron chi connectivity index (χ3n) is 3.03. The van der Waals surface area contributed by atoms with Gasteiger partial charge in [-0.25, -0.2) is 4.39 Å². The quantitative estimate of drug-likeness (QED) is 0.845. The van der Waals surface area contributed by atoms with Gasteiger partial charge in [0.15, 0.2) is 11.5 Å². The predicted molar refractivity (Wildman–Crippen MR) is 81.1 cm³/mol. The van der Waals surface area contributed by atoms with E-state index in [1.54, 1.807) is 12.1 Å².